The van der Waals surface area contributed by atoms with Crippen molar-refractivity contribution in [2.45, 2.75) is 18.1 Å². The van der Waals surface area contributed by atoms with E-state index in [1.807, 2.05) is 0 Å². The first kappa shape index (κ1) is 15.6. The molecule has 0 radical (unpaired) electrons. The molecule has 9 heteroatoms. The Hall–Kier alpha value is -1.47. The van der Waals surface area contributed by atoms with Crippen LogP contribution < -0.4 is 5.32 Å². The molecule has 1 heterocycles. The fraction of sp³-hybridized carbons (Fsp3) is 0.400. The minimum absolute atomic E-state index is 0.139. The van der Waals surface area contributed by atoms with Crippen molar-refractivity contribution in [3.8, 4) is 0 Å². The molecule has 0 aliphatic heterocycles. The first-order valence-electron chi connectivity index (χ1n) is 5.45. The summed E-state index contributed by atoms with van der Waals surface area (Å²) in [7, 11) is -4.33. The zero-order valence-electron chi connectivity index (χ0n) is 10.1. The van der Waals surface area contributed by atoms with Gasteiger partial charge in [-0.15, -0.1) is 6.58 Å². The molecule has 19 heavy (non-hydrogen) atoms. The molecule has 5 N–H and O–H groups in total. The Morgan fingerprint density at radius 2 is 2.32 bits per heavy atom. The summed E-state index contributed by atoms with van der Waals surface area (Å²) < 4.78 is 11.1. The second kappa shape index (κ2) is 6.63. The van der Waals surface area contributed by atoms with Crippen LogP contribution in [-0.4, -0.2) is 49.1 Å². The number of hydrogen-bond acceptors (Lipinski definition) is 4. The van der Waals surface area contributed by atoms with Crippen LogP contribution in [0.3, 0.4) is 0 Å². The Bertz CT molecular complexity index is 470. The van der Waals surface area contributed by atoms with Crippen molar-refractivity contribution in [2.24, 2.45) is 0 Å². The molecular weight excluding hydrogens is 273 g/mol. The van der Waals surface area contributed by atoms with Crippen LogP contribution in [0, 0.1) is 0 Å². The highest BCUT2D eigenvalue weighted by Gasteiger charge is 2.27. The fourth-order valence-electron chi connectivity index (χ4n) is 1.47. The number of carboxylic acid groups (broad SMARTS) is 1. The molecule has 1 rings (SSSR count). The van der Waals surface area contributed by atoms with E-state index in [9.17, 15) is 9.36 Å². The number of carboxylic acids is 1. The summed E-state index contributed by atoms with van der Waals surface area (Å²) >= 11 is 0. The van der Waals surface area contributed by atoms with Gasteiger partial charge in [0, 0.05) is 24.9 Å². The van der Waals surface area contributed by atoms with E-state index in [0.29, 0.717) is 5.69 Å². The number of aromatic amines is 1. The predicted molar refractivity (Wildman–Crippen MR) is 67.7 cm³/mol. The monoisotopic (exact) mass is 289 g/mol. The molecule has 1 aromatic heterocycles. The number of nitrogens with zero attached hydrogens (tertiary/aromatic N) is 1. The number of H-pyrrole nitrogens is 1. The summed E-state index contributed by atoms with van der Waals surface area (Å²) in [5, 5.41) is 11.6. The number of imidazole rings is 1. The van der Waals surface area contributed by atoms with E-state index in [2.05, 4.69) is 21.9 Å². The Morgan fingerprint density at radius 1 is 1.63 bits per heavy atom. The van der Waals surface area contributed by atoms with Crippen LogP contribution in [-0.2, 0) is 15.8 Å². The van der Waals surface area contributed by atoms with E-state index in [1.54, 1.807) is 0 Å². The molecule has 0 saturated carbocycles. The average Bonchev–Trinajstić information content (AvgIpc) is 2.79. The molecule has 0 saturated heterocycles. The number of aromatic nitrogens is 2. The van der Waals surface area contributed by atoms with Crippen molar-refractivity contribution in [3.63, 3.8) is 0 Å². The lowest BCUT2D eigenvalue weighted by Gasteiger charge is -2.18. The third-order valence-electron chi connectivity index (χ3n) is 2.55. The normalized spacial score (nSPS) is 14.8. The van der Waals surface area contributed by atoms with Crippen LogP contribution in [0.4, 0.5) is 0 Å². The Balaban J connectivity index is 2.62. The summed E-state index contributed by atoms with van der Waals surface area (Å²) in [6.45, 7) is 3.16. The summed E-state index contributed by atoms with van der Waals surface area (Å²) in [5.74, 6) is -1.11. The third-order valence-corrected chi connectivity index (χ3v) is 3.81. The maximum absolute atomic E-state index is 11.1. The molecule has 106 valence electrons. The Kier molecular flexibility index (Phi) is 5.44. The molecule has 2 atom stereocenters. The molecule has 8 nitrogen and oxygen atoms in total. The van der Waals surface area contributed by atoms with Gasteiger partial charge in [0.2, 0.25) is 0 Å². The van der Waals surface area contributed by atoms with Crippen LogP contribution in [0.15, 0.2) is 25.2 Å². The Morgan fingerprint density at radius 3 is 2.74 bits per heavy atom. The predicted octanol–water partition coefficient (Wildman–Crippen LogP) is -0.273. The number of hydrogen-bond donors (Lipinski definition) is 5. The van der Waals surface area contributed by atoms with Crippen LogP contribution in [0.5, 0.6) is 0 Å². The van der Waals surface area contributed by atoms with Gasteiger partial charge >= 0.3 is 13.6 Å². The molecule has 0 aromatic carbocycles. The maximum Gasteiger partial charge on any atom is 0.333 e. The van der Waals surface area contributed by atoms with Crippen LogP contribution in [0.1, 0.15) is 5.69 Å². The van der Waals surface area contributed by atoms with Gasteiger partial charge in [-0.1, -0.05) is 6.08 Å². The van der Waals surface area contributed by atoms with Gasteiger partial charge in [0.05, 0.1) is 12.0 Å². The van der Waals surface area contributed by atoms with Crippen molar-refractivity contribution >= 4 is 13.6 Å². The zero-order chi connectivity index (χ0) is 14.5. The second-order valence-corrected chi connectivity index (χ2v) is 5.81. The van der Waals surface area contributed by atoms with Gasteiger partial charge in [-0.25, -0.2) is 4.98 Å². The van der Waals surface area contributed by atoms with E-state index in [0.717, 1.165) is 6.08 Å². The van der Waals surface area contributed by atoms with E-state index in [-0.39, 0.29) is 13.0 Å². The van der Waals surface area contributed by atoms with E-state index in [4.69, 9.17) is 14.9 Å². The van der Waals surface area contributed by atoms with E-state index >= 15 is 0 Å². The molecule has 0 fully saturated rings. The highest BCUT2D eigenvalue weighted by Crippen LogP contribution is 2.41. The van der Waals surface area contributed by atoms with Gasteiger partial charge in [-0.2, -0.15) is 0 Å². The van der Waals surface area contributed by atoms with Gasteiger partial charge in [0.1, 0.15) is 6.04 Å². The number of aliphatic carboxylic acids is 1. The highest BCUT2D eigenvalue weighted by molar-refractivity contribution is 7.52. The third kappa shape index (κ3) is 4.96. The van der Waals surface area contributed by atoms with Crippen molar-refractivity contribution < 1.29 is 24.3 Å². The van der Waals surface area contributed by atoms with E-state index < -0.39 is 25.3 Å². The molecule has 1 unspecified atom stereocenters. The first-order valence-corrected chi connectivity index (χ1v) is 7.14. The first-order chi connectivity index (χ1) is 8.84. The van der Waals surface area contributed by atoms with Gasteiger partial charge in [-0.05, 0) is 0 Å². The molecule has 0 aliphatic rings. The summed E-state index contributed by atoms with van der Waals surface area (Å²) in [6, 6.07) is -0.963. The van der Waals surface area contributed by atoms with Gasteiger partial charge in [0.15, 0.2) is 0 Å². The fourth-order valence-corrected chi connectivity index (χ4v) is 2.08. The van der Waals surface area contributed by atoms with Crippen molar-refractivity contribution in [1.29, 1.82) is 0 Å². The highest BCUT2D eigenvalue weighted by atomic mass is 31.2. The standard InChI is InChI=1S/C10H16N3O5P/c1-2-8(19(16,17)18)5-12-9(10(14)15)3-7-4-11-6-13-7/h2,4,6,8-9,12H,1,3,5H2,(H,11,13)(H,14,15)(H2,16,17,18)/t8?,9-/m0/s1. The average molecular weight is 289 g/mol. The number of rotatable bonds is 8. The SMILES string of the molecule is C=CC(CN[C@@H](Cc1cnc[nH]1)C(=O)O)P(=O)(O)O. The zero-order valence-corrected chi connectivity index (χ0v) is 11.0. The lowest BCUT2D eigenvalue weighted by molar-refractivity contribution is -0.139. The Labute approximate surface area is 109 Å². The maximum atomic E-state index is 11.1. The van der Waals surface area contributed by atoms with Crippen LogP contribution in [0.25, 0.3) is 0 Å². The molecular formula is C10H16N3O5P. The van der Waals surface area contributed by atoms with Gasteiger partial charge < -0.3 is 25.2 Å². The lowest BCUT2D eigenvalue weighted by Crippen LogP contribution is -2.42. The number of carbonyl (C=O) groups is 1. The van der Waals surface area contributed by atoms with Gasteiger partial charge in [-0.3, -0.25) is 9.36 Å². The van der Waals surface area contributed by atoms with Crippen molar-refractivity contribution in [3.05, 3.63) is 30.9 Å². The summed E-state index contributed by atoms with van der Waals surface area (Å²) in [4.78, 5) is 35.6. The minimum atomic E-state index is -4.33. The number of nitrogens with one attached hydrogen (secondary N) is 2. The topological polar surface area (TPSA) is 136 Å². The smallest absolute Gasteiger partial charge is 0.333 e. The molecule has 1 aromatic rings. The second-order valence-electron chi connectivity index (χ2n) is 3.97. The summed E-state index contributed by atoms with van der Waals surface area (Å²) in [6.07, 6.45) is 4.17. The van der Waals surface area contributed by atoms with E-state index in [1.165, 1.54) is 12.5 Å². The minimum Gasteiger partial charge on any atom is -0.480 e. The summed E-state index contributed by atoms with van der Waals surface area (Å²) in [5.41, 5.74) is -0.498. The van der Waals surface area contributed by atoms with Crippen LogP contribution in [0.2, 0.25) is 0 Å². The lowest BCUT2D eigenvalue weighted by atomic mass is 10.1. The molecule has 0 bridgehead atoms. The van der Waals surface area contributed by atoms with Crippen LogP contribution >= 0.6 is 7.60 Å². The molecule has 0 spiro atoms. The molecule has 0 amide bonds. The van der Waals surface area contributed by atoms with Crippen molar-refractivity contribution in [2.75, 3.05) is 6.54 Å². The molecule has 0 aliphatic carbocycles. The van der Waals surface area contributed by atoms with Crippen molar-refractivity contribution in [1.82, 2.24) is 15.3 Å². The van der Waals surface area contributed by atoms with Gasteiger partial charge in [0.25, 0.3) is 0 Å². The largest absolute Gasteiger partial charge is 0.480 e. The quantitative estimate of drug-likeness (QED) is 0.328.